The first-order valence-corrected chi connectivity index (χ1v) is 4.82. The molecule has 0 unspecified atom stereocenters. The van der Waals surface area contributed by atoms with Gasteiger partial charge in [-0.25, -0.2) is 5.48 Å². The summed E-state index contributed by atoms with van der Waals surface area (Å²) < 4.78 is 1.07. The molecule has 70 valence electrons. The van der Waals surface area contributed by atoms with Gasteiger partial charge in [0, 0.05) is 9.13 Å². The summed E-state index contributed by atoms with van der Waals surface area (Å²) in [6, 6.07) is 5.50. The van der Waals surface area contributed by atoms with Gasteiger partial charge in [0.05, 0.1) is 7.11 Å². The number of hydrogen-bond donors (Lipinski definition) is 1. The van der Waals surface area contributed by atoms with Gasteiger partial charge in [0.1, 0.15) is 0 Å². The van der Waals surface area contributed by atoms with Crippen LogP contribution in [-0.2, 0) is 4.84 Å². The summed E-state index contributed by atoms with van der Waals surface area (Å²) in [5, 5.41) is 0. The zero-order valence-corrected chi connectivity index (χ0v) is 9.58. The van der Waals surface area contributed by atoms with Crippen molar-refractivity contribution in [1.29, 1.82) is 0 Å². The maximum atomic E-state index is 11.3. The largest absolute Gasteiger partial charge is 0.277 e. The summed E-state index contributed by atoms with van der Waals surface area (Å²) in [6.07, 6.45) is 0. The van der Waals surface area contributed by atoms with E-state index in [1.807, 2.05) is 19.1 Å². The molecular formula is C9H10INO2. The second kappa shape index (κ2) is 4.57. The lowest BCUT2D eigenvalue weighted by atomic mass is 10.1. The molecule has 0 fully saturated rings. The van der Waals surface area contributed by atoms with Crippen molar-refractivity contribution in [3.63, 3.8) is 0 Å². The van der Waals surface area contributed by atoms with Crippen molar-refractivity contribution in [3.8, 4) is 0 Å². The summed E-state index contributed by atoms with van der Waals surface area (Å²) in [7, 11) is 1.41. The van der Waals surface area contributed by atoms with Crippen LogP contribution in [0.2, 0.25) is 0 Å². The lowest BCUT2D eigenvalue weighted by Crippen LogP contribution is -2.21. The molecular weight excluding hydrogens is 281 g/mol. The molecule has 13 heavy (non-hydrogen) atoms. The fourth-order valence-electron chi connectivity index (χ4n) is 0.886. The third kappa shape index (κ3) is 2.67. The average molecular weight is 291 g/mol. The monoisotopic (exact) mass is 291 g/mol. The van der Waals surface area contributed by atoms with Gasteiger partial charge in [-0.15, -0.1) is 0 Å². The maximum Gasteiger partial charge on any atom is 0.274 e. The Morgan fingerprint density at radius 1 is 1.54 bits per heavy atom. The first-order valence-electron chi connectivity index (χ1n) is 3.74. The summed E-state index contributed by atoms with van der Waals surface area (Å²) in [5.74, 6) is -0.222. The van der Waals surface area contributed by atoms with E-state index in [-0.39, 0.29) is 5.91 Å². The van der Waals surface area contributed by atoms with Gasteiger partial charge in [0.25, 0.3) is 5.91 Å². The van der Waals surface area contributed by atoms with Gasteiger partial charge in [0.2, 0.25) is 0 Å². The number of nitrogens with one attached hydrogen (secondary N) is 1. The number of hydrogen-bond acceptors (Lipinski definition) is 2. The van der Waals surface area contributed by atoms with E-state index in [1.54, 1.807) is 6.07 Å². The van der Waals surface area contributed by atoms with Crippen LogP contribution in [0.5, 0.6) is 0 Å². The van der Waals surface area contributed by atoms with E-state index < -0.39 is 0 Å². The van der Waals surface area contributed by atoms with Crippen molar-refractivity contribution >= 4 is 28.5 Å². The number of amides is 1. The van der Waals surface area contributed by atoms with Gasteiger partial charge in [-0.1, -0.05) is 6.07 Å². The fourth-order valence-corrected chi connectivity index (χ4v) is 1.40. The predicted octanol–water partition coefficient (Wildman–Crippen LogP) is 1.89. The first-order chi connectivity index (χ1) is 6.15. The highest BCUT2D eigenvalue weighted by Gasteiger charge is 2.05. The number of rotatable bonds is 2. The third-order valence-electron chi connectivity index (χ3n) is 1.63. The van der Waals surface area contributed by atoms with Gasteiger partial charge >= 0.3 is 0 Å². The zero-order valence-electron chi connectivity index (χ0n) is 7.43. The molecule has 1 N–H and O–H groups in total. The van der Waals surface area contributed by atoms with Gasteiger partial charge in [0.15, 0.2) is 0 Å². The molecule has 0 aromatic heterocycles. The van der Waals surface area contributed by atoms with Gasteiger partial charge in [-0.2, -0.15) is 0 Å². The van der Waals surface area contributed by atoms with Crippen LogP contribution in [0, 0.1) is 10.5 Å². The van der Waals surface area contributed by atoms with Gasteiger partial charge in [-0.3, -0.25) is 9.63 Å². The summed E-state index contributed by atoms with van der Waals surface area (Å²) in [6.45, 7) is 2.00. The molecule has 1 rings (SSSR count). The molecule has 0 saturated heterocycles. The van der Waals surface area contributed by atoms with Crippen molar-refractivity contribution in [1.82, 2.24) is 5.48 Å². The van der Waals surface area contributed by atoms with E-state index in [4.69, 9.17) is 0 Å². The van der Waals surface area contributed by atoms with Crippen molar-refractivity contribution < 1.29 is 9.63 Å². The molecule has 3 nitrogen and oxygen atoms in total. The summed E-state index contributed by atoms with van der Waals surface area (Å²) in [4.78, 5) is 15.8. The topological polar surface area (TPSA) is 38.3 Å². The standard InChI is InChI=1S/C9H10INO2/c1-6-3-4-7(5-8(6)10)9(12)11-13-2/h3-5H,1-2H3,(H,11,12). The smallest absolute Gasteiger partial charge is 0.274 e. The Morgan fingerprint density at radius 3 is 2.77 bits per heavy atom. The Morgan fingerprint density at radius 2 is 2.23 bits per heavy atom. The lowest BCUT2D eigenvalue weighted by Gasteiger charge is -2.03. The SMILES string of the molecule is CONC(=O)c1ccc(C)c(I)c1. The van der Waals surface area contributed by atoms with Crippen LogP contribution in [0.4, 0.5) is 0 Å². The lowest BCUT2D eigenvalue weighted by molar-refractivity contribution is 0.0537. The van der Waals surface area contributed by atoms with E-state index in [9.17, 15) is 4.79 Å². The Kier molecular flexibility index (Phi) is 3.68. The average Bonchev–Trinajstić information content (AvgIpc) is 2.10. The highest BCUT2D eigenvalue weighted by atomic mass is 127. The molecule has 1 amide bonds. The molecule has 0 bridgehead atoms. The molecule has 0 saturated carbocycles. The van der Waals surface area contributed by atoms with Gasteiger partial charge in [-0.05, 0) is 47.2 Å². The normalized spacial score (nSPS) is 9.77. The number of benzene rings is 1. The van der Waals surface area contributed by atoms with Crippen molar-refractivity contribution in [2.45, 2.75) is 6.92 Å². The van der Waals surface area contributed by atoms with E-state index >= 15 is 0 Å². The molecule has 0 spiro atoms. The van der Waals surface area contributed by atoms with E-state index in [1.165, 1.54) is 7.11 Å². The molecule has 0 aliphatic heterocycles. The number of carbonyl (C=O) groups is 1. The van der Waals surface area contributed by atoms with Crippen LogP contribution in [-0.4, -0.2) is 13.0 Å². The summed E-state index contributed by atoms with van der Waals surface area (Å²) in [5.41, 5.74) is 4.04. The van der Waals surface area contributed by atoms with Crippen molar-refractivity contribution in [3.05, 3.63) is 32.9 Å². The predicted molar refractivity (Wildman–Crippen MR) is 58.4 cm³/mol. The van der Waals surface area contributed by atoms with E-state index in [0.29, 0.717) is 5.56 Å². The highest BCUT2D eigenvalue weighted by molar-refractivity contribution is 14.1. The minimum absolute atomic E-state index is 0.222. The zero-order chi connectivity index (χ0) is 9.84. The number of carbonyl (C=O) groups excluding carboxylic acids is 1. The Balaban J connectivity index is 2.90. The molecule has 0 aliphatic rings. The van der Waals surface area contributed by atoms with Crippen LogP contribution >= 0.6 is 22.6 Å². The third-order valence-corrected chi connectivity index (χ3v) is 2.79. The van der Waals surface area contributed by atoms with Crippen LogP contribution in [0.1, 0.15) is 15.9 Å². The van der Waals surface area contributed by atoms with Crippen LogP contribution < -0.4 is 5.48 Å². The fraction of sp³-hybridized carbons (Fsp3) is 0.222. The number of halogens is 1. The second-order valence-corrected chi connectivity index (χ2v) is 3.76. The summed E-state index contributed by atoms with van der Waals surface area (Å²) >= 11 is 2.19. The second-order valence-electron chi connectivity index (χ2n) is 2.60. The van der Waals surface area contributed by atoms with Crippen LogP contribution in [0.3, 0.4) is 0 Å². The molecule has 0 heterocycles. The van der Waals surface area contributed by atoms with Crippen molar-refractivity contribution in [2.24, 2.45) is 0 Å². The maximum absolute atomic E-state index is 11.3. The van der Waals surface area contributed by atoms with E-state index in [2.05, 4.69) is 32.9 Å². The quantitative estimate of drug-likeness (QED) is 0.667. The molecule has 1 aromatic carbocycles. The van der Waals surface area contributed by atoms with Crippen LogP contribution in [0.15, 0.2) is 18.2 Å². The molecule has 0 radical (unpaired) electrons. The molecule has 4 heteroatoms. The first kappa shape index (κ1) is 10.5. The molecule has 0 aliphatic carbocycles. The highest BCUT2D eigenvalue weighted by Crippen LogP contribution is 2.13. The molecule has 0 atom stereocenters. The Hall–Kier alpha value is -0.620. The van der Waals surface area contributed by atoms with Gasteiger partial charge < -0.3 is 0 Å². The van der Waals surface area contributed by atoms with Crippen LogP contribution in [0.25, 0.3) is 0 Å². The minimum atomic E-state index is -0.222. The molecule has 1 aromatic rings. The Labute approximate surface area is 90.6 Å². The number of hydroxylamine groups is 1. The minimum Gasteiger partial charge on any atom is -0.277 e. The van der Waals surface area contributed by atoms with E-state index in [0.717, 1.165) is 9.13 Å². The Bertz CT molecular complexity index is 325. The van der Waals surface area contributed by atoms with Crippen molar-refractivity contribution in [2.75, 3.05) is 7.11 Å². The number of aryl methyl sites for hydroxylation is 1.